The van der Waals surface area contributed by atoms with Crippen LogP contribution in [0.15, 0.2) is 12.1 Å². The van der Waals surface area contributed by atoms with Crippen LogP contribution in [0.1, 0.15) is 42.9 Å². The molecule has 1 aliphatic rings. The van der Waals surface area contributed by atoms with Crippen LogP contribution >= 0.6 is 0 Å². The Bertz CT molecular complexity index is 432. The van der Waals surface area contributed by atoms with E-state index in [0.29, 0.717) is 5.75 Å². The van der Waals surface area contributed by atoms with Crippen LogP contribution in [-0.2, 0) is 0 Å². The first kappa shape index (κ1) is 14.1. The second kappa shape index (κ2) is 6.19. The molecule has 0 spiro atoms. The number of rotatable bonds is 4. The highest BCUT2D eigenvalue weighted by Crippen LogP contribution is 2.39. The quantitative estimate of drug-likeness (QED) is 0.909. The molecule has 0 aliphatic carbocycles. The van der Waals surface area contributed by atoms with Gasteiger partial charge in [0, 0.05) is 17.7 Å². The molecular formula is C14H19F2NO2. The third-order valence-electron chi connectivity index (χ3n) is 3.50. The summed E-state index contributed by atoms with van der Waals surface area (Å²) in [4.78, 5) is 0. The topological polar surface area (TPSA) is 30.5 Å². The minimum atomic E-state index is -2.55. The maximum absolute atomic E-state index is 13.1. The van der Waals surface area contributed by atoms with Crippen LogP contribution in [0.2, 0.25) is 0 Å². The smallest absolute Gasteiger partial charge is 0.267 e. The van der Waals surface area contributed by atoms with E-state index in [1.807, 2.05) is 0 Å². The van der Waals surface area contributed by atoms with Gasteiger partial charge in [-0.15, -0.1) is 0 Å². The van der Waals surface area contributed by atoms with Gasteiger partial charge in [-0.05, 0) is 25.5 Å². The van der Waals surface area contributed by atoms with Crippen LogP contribution in [-0.4, -0.2) is 20.8 Å². The van der Waals surface area contributed by atoms with E-state index in [1.54, 1.807) is 13.2 Å². The minimum absolute atomic E-state index is 0.0760. The third-order valence-corrected chi connectivity index (χ3v) is 3.50. The van der Waals surface area contributed by atoms with Crippen LogP contribution in [0.3, 0.4) is 0 Å². The molecule has 5 heteroatoms. The lowest BCUT2D eigenvalue weighted by Gasteiger charge is -2.26. The fourth-order valence-electron chi connectivity index (χ4n) is 2.51. The lowest BCUT2D eigenvalue weighted by Crippen LogP contribution is -2.27. The number of piperidine rings is 1. The molecule has 1 aromatic carbocycles. The first-order chi connectivity index (χ1) is 9.17. The first-order valence-electron chi connectivity index (χ1n) is 6.44. The maximum atomic E-state index is 13.1. The van der Waals surface area contributed by atoms with Crippen molar-refractivity contribution in [1.29, 1.82) is 0 Å². The zero-order chi connectivity index (χ0) is 13.8. The molecule has 1 aliphatic heterocycles. The standard InChI is InChI=1S/C14H19F2NO2/c1-18-12-8-13(19-2)10(14(15)16)7-9(12)11-5-3-4-6-17-11/h7-8,11,14,17H,3-6H2,1-2H3. The SMILES string of the molecule is COc1cc(OC)c(C2CCCCN2)cc1C(F)F. The van der Waals surface area contributed by atoms with Gasteiger partial charge in [-0.3, -0.25) is 0 Å². The normalized spacial score (nSPS) is 19.5. The van der Waals surface area contributed by atoms with E-state index in [1.165, 1.54) is 13.2 Å². The lowest BCUT2D eigenvalue weighted by molar-refractivity contribution is 0.146. The molecule has 1 atom stereocenters. The minimum Gasteiger partial charge on any atom is -0.496 e. The van der Waals surface area contributed by atoms with Crippen molar-refractivity contribution >= 4 is 0 Å². The molecule has 0 aromatic heterocycles. The number of nitrogens with one attached hydrogen (secondary N) is 1. The molecule has 1 fully saturated rings. The van der Waals surface area contributed by atoms with Crippen LogP contribution < -0.4 is 14.8 Å². The highest BCUT2D eigenvalue weighted by Gasteiger charge is 2.23. The van der Waals surface area contributed by atoms with Crippen LogP contribution in [0.25, 0.3) is 0 Å². The van der Waals surface area contributed by atoms with Crippen molar-refractivity contribution in [3.8, 4) is 11.5 Å². The Morgan fingerprint density at radius 1 is 1.16 bits per heavy atom. The second-order valence-corrected chi connectivity index (χ2v) is 4.64. The van der Waals surface area contributed by atoms with Gasteiger partial charge < -0.3 is 14.8 Å². The van der Waals surface area contributed by atoms with E-state index in [9.17, 15) is 8.78 Å². The molecule has 2 rings (SSSR count). The first-order valence-corrected chi connectivity index (χ1v) is 6.44. The van der Waals surface area contributed by atoms with E-state index >= 15 is 0 Å². The molecular weight excluding hydrogens is 252 g/mol. The number of halogens is 2. The fourth-order valence-corrected chi connectivity index (χ4v) is 2.51. The second-order valence-electron chi connectivity index (χ2n) is 4.64. The average Bonchev–Trinajstić information content (AvgIpc) is 2.46. The predicted molar refractivity (Wildman–Crippen MR) is 69.1 cm³/mol. The summed E-state index contributed by atoms with van der Waals surface area (Å²) in [6, 6.07) is 3.13. The van der Waals surface area contributed by atoms with Gasteiger partial charge in [-0.1, -0.05) is 6.42 Å². The third kappa shape index (κ3) is 2.97. The Balaban J connectivity index is 2.42. The maximum Gasteiger partial charge on any atom is 0.267 e. The van der Waals surface area contributed by atoms with Crippen LogP contribution in [0.4, 0.5) is 8.78 Å². The molecule has 0 radical (unpaired) electrons. The molecule has 19 heavy (non-hydrogen) atoms. The van der Waals surface area contributed by atoms with Crippen molar-refractivity contribution in [2.45, 2.75) is 31.7 Å². The summed E-state index contributed by atoms with van der Waals surface area (Å²) in [6.07, 6.45) is 0.599. The number of methoxy groups -OCH3 is 2. The Labute approximate surface area is 111 Å². The molecule has 0 amide bonds. The fraction of sp³-hybridized carbons (Fsp3) is 0.571. The molecule has 1 N–H and O–H groups in total. The number of benzene rings is 1. The van der Waals surface area contributed by atoms with Gasteiger partial charge in [0.1, 0.15) is 11.5 Å². The summed E-state index contributed by atoms with van der Waals surface area (Å²) < 4.78 is 36.4. The van der Waals surface area contributed by atoms with E-state index in [0.717, 1.165) is 31.4 Å². The van der Waals surface area contributed by atoms with Gasteiger partial charge in [0.2, 0.25) is 0 Å². The molecule has 106 valence electrons. The van der Waals surface area contributed by atoms with Gasteiger partial charge in [0.05, 0.1) is 19.8 Å². The van der Waals surface area contributed by atoms with Crippen molar-refractivity contribution in [2.24, 2.45) is 0 Å². The molecule has 0 bridgehead atoms. The Morgan fingerprint density at radius 3 is 2.42 bits per heavy atom. The summed E-state index contributed by atoms with van der Waals surface area (Å²) in [5, 5.41) is 3.35. The molecule has 0 saturated carbocycles. The van der Waals surface area contributed by atoms with Gasteiger partial charge in [0.15, 0.2) is 0 Å². The summed E-state index contributed by atoms with van der Waals surface area (Å²) in [6.45, 7) is 0.907. The van der Waals surface area contributed by atoms with Crippen molar-refractivity contribution in [1.82, 2.24) is 5.32 Å². The molecule has 1 unspecified atom stereocenters. The van der Waals surface area contributed by atoms with Crippen molar-refractivity contribution in [3.05, 3.63) is 23.3 Å². The molecule has 1 aromatic rings. The van der Waals surface area contributed by atoms with Gasteiger partial charge in [0.25, 0.3) is 6.43 Å². The monoisotopic (exact) mass is 271 g/mol. The summed E-state index contributed by atoms with van der Waals surface area (Å²) in [7, 11) is 2.93. The van der Waals surface area contributed by atoms with Crippen molar-refractivity contribution in [2.75, 3.05) is 20.8 Å². The Hall–Kier alpha value is -1.36. The van der Waals surface area contributed by atoms with Crippen molar-refractivity contribution in [3.63, 3.8) is 0 Å². The van der Waals surface area contributed by atoms with Crippen molar-refractivity contribution < 1.29 is 18.3 Å². The van der Waals surface area contributed by atoms with E-state index < -0.39 is 6.43 Å². The highest BCUT2D eigenvalue weighted by molar-refractivity contribution is 5.48. The molecule has 1 saturated heterocycles. The summed E-state index contributed by atoms with van der Waals surface area (Å²) in [5.74, 6) is 0.770. The predicted octanol–water partition coefficient (Wildman–Crippen LogP) is 3.46. The summed E-state index contributed by atoms with van der Waals surface area (Å²) >= 11 is 0. The Kier molecular flexibility index (Phi) is 4.58. The number of hydrogen-bond acceptors (Lipinski definition) is 3. The van der Waals surface area contributed by atoms with Crippen LogP contribution in [0.5, 0.6) is 11.5 Å². The molecule has 1 heterocycles. The molecule has 3 nitrogen and oxygen atoms in total. The summed E-state index contributed by atoms with van der Waals surface area (Å²) in [5.41, 5.74) is 0.712. The number of alkyl halides is 2. The van der Waals surface area contributed by atoms with E-state index in [2.05, 4.69) is 5.32 Å². The van der Waals surface area contributed by atoms with Gasteiger partial charge >= 0.3 is 0 Å². The van der Waals surface area contributed by atoms with E-state index in [-0.39, 0.29) is 17.4 Å². The highest BCUT2D eigenvalue weighted by atomic mass is 19.3. The average molecular weight is 271 g/mol. The zero-order valence-electron chi connectivity index (χ0n) is 11.2. The van der Waals surface area contributed by atoms with E-state index in [4.69, 9.17) is 9.47 Å². The largest absolute Gasteiger partial charge is 0.496 e. The number of hydrogen-bond donors (Lipinski definition) is 1. The van der Waals surface area contributed by atoms with Gasteiger partial charge in [-0.2, -0.15) is 0 Å². The number of ether oxygens (including phenoxy) is 2. The lowest BCUT2D eigenvalue weighted by atomic mass is 9.95. The zero-order valence-corrected chi connectivity index (χ0v) is 11.2. The van der Waals surface area contributed by atoms with Crippen LogP contribution in [0, 0.1) is 0 Å². The van der Waals surface area contributed by atoms with Gasteiger partial charge in [-0.25, -0.2) is 8.78 Å². The Morgan fingerprint density at radius 2 is 1.89 bits per heavy atom.